The third-order valence-corrected chi connectivity index (χ3v) is 4.06. The van der Waals surface area contributed by atoms with Crippen LogP contribution < -0.4 is 0 Å². The lowest BCUT2D eigenvalue weighted by molar-refractivity contribution is 0.425. The zero-order valence-corrected chi connectivity index (χ0v) is 13.2. The van der Waals surface area contributed by atoms with Crippen LogP contribution in [0.2, 0.25) is 0 Å². The second-order valence-corrected chi connectivity index (χ2v) is 6.16. The molecule has 0 rings (SSSR count). The van der Waals surface area contributed by atoms with Crippen LogP contribution in [-0.4, -0.2) is 0 Å². The minimum Gasteiger partial charge on any atom is -0.103 e. The normalized spacial score (nSPS) is 14.4. The Morgan fingerprint density at radius 1 is 0.778 bits per heavy atom. The van der Waals surface area contributed by atoms with Crippen molar-refractivity contribution in [1.29, 1.82) is 0 Å². The fraction of sp³-hybridized carbons (Fsp3) is 0.889. The van der Waals surface area contributed by atoms with E-state index in [0.29, 0.717) is 5.92 Å². The van der Waals surface area contributed by atoms with Crippen molar-refractivity contribution in [3.05, 3.63) is 12.7 Å². The minimum atomic E-state index is 0.704. The van der Waals surface area contributed by atoms with E-state index in [0.717, 1.165) is 5.92 Å². The molecule has 0 aromatic carbocycles. The molecule has 0 saturated heterocycles. The summed E-state index contributed by atoms with van der Waals surface area (Å²) in [6.45, 7) is 10.8. The summed E-state index contributed by atoms with van der Waals surface area (Å²) >= 11 is 0. The molecule has 0 aromatic rings. The molecule has 0 heteroatoms. The van der Waals surface area contributed by atoms with Crippen LogP contribution in [0.25, 0.3) is 0 Å². The smallest absolute Gasteiger partial charge is 0.0265 e. The molecule has 2 unspecified atom stereocenters. The van der Waals surface area contributed by atoms with Gasteiger partial charge in [-0.3, -0.25) is 0 Å². The summed E-state index contributed by atoms with van der Waals surface area (Å²) < 4.78 is 0. The molecule has 0 spiro atoms. The first kappa shape index (κ1) is 17.7. The number of rotatable bonds is 13. The van der Waals surface area contributed by atoms with Crippen LogP contribution in [0.1, 0.15) is 91.4 Å². The van der Waals surface area contributed by atoms with Crippen molar-refractivity contribution in [1.82, 2.24) is 0 Å². The summed E-state index contributed by atoms with van der Waals surface area (Å²) in [5.74, 6) is 1.63. The summed E-state index contributed by atoms with van der Waals surface area (Å²) in [4.78, 5) is 0. The maximum atomic E-state index is 3.85. The van der Waals surface area contributed by atoms with Gasteiger partial charge in [0, 0.05) is 0 Å². The molecule has 2 atom stereocenters. The highest BCUT2D eigenvalue weighted by atomic mass is 14.1. The molecular formula is C18H36. The van der Waals surface area contributed by atoms with Gasteiger partial charge in [-0.2, -0.15) is 0 Å². The van der Waals surface area contributed by atoms with Crippen molar-refractivity contribution in [3.63, 3.8) is 0 Å². The molecular weight excluding hydrogens is 216 g/mol. The van der Waals surface area contributed by atoms with Crippen LogP contribution in [0, 0.1) is 11.8 Å². The van der Waals surface area contributed by atoms with Gasteiger partial charge in [0.15, 0.2) is 0 Å². The summed E-state index contributed by atoms with van der Waals surface area (Å²) in [6, 6.07) is 0. The van der Waals surface area contributed by atoms with Crippen molar-refractivity contribution in [2.75, 3.05) is 0 Å². The van der Waals surface area contributed by atoms with Gasteiger partial charge >= 0.3 is 0 Å². The van der Waals surface area contributed by atoms with Crippen molar-refractivity contribution >= 4 is 0 Å². The van der Waals surface area contributed by atoms with Crippen LogP contribution in [-0.2, 0) is 0 Å². The quantitative estimate of drug-likeness (QED) is 0.251. The van der Waals surface area contributed by atoms with Crippen molar-refractivity contribution in [3.8, 4) is 0 Å². The molecule has 0 aromatic heterocycles. The molecule has 0 fully saturated rings. The van der Waals surface area contributed by atoms with Crippen LogP contribution >= 0.6 is 0 Å². The molecule has 0 bridgehead atoms. The third-order valence-electron chi connectivity index (χ3n) is 4.06. The maximum absolute atomic E-state index is 3.85. The van der Waals surface area contributed by atoms with Gasteiger partial charge in [0.05, 0.1) is 0 Å². The Morgan fingerprint density at radius 2 is 1.33 bits per heavy atom. The van der Waals surface area contributed by atoms with Crippen LogP contribution in [0.4, 0.5) is 0 Å². The predicted octanol–water partition coefficient (Wildman–Crippen LogP) is 6.76. The highest BCUT2D eigenvalue weighted by Crippen LogP contribution is 2.19. The van der Waals surface area contributed by atoms with E-state index in [4.69, 9.17) is 0 Å². The second-order valence-electron chi connectivity index (χ2n) is 6.16. The molecule has 108 valence electrons. The molecule has 0 N–H and O–H groups in total. The van der Waals surface area contributed by atoms with Gasteiger partial charge in [0.2, 0.25) is 0 Å². The summed E-state index contributed by atoms with van der Waals surface area (Å²) in [5, 5.41) is 0. The summed E-state index contributed by atoms with van der Waals surface area (Å²) in [5.41, 5.74) is 0. The van der Waals surface area contributed by atoms with Gasteiger partial charge in [0.1, 0.15) is 0 Å². The Bertz CT molecular complexity index is 171. The Kier molecular flexibility index (Phi) is 13.0. The number of hydrogen-bond acceptors (Lipinski definition) is 0. The highest BCUT2D eigenvalue weighted by molar-refractivity contribution is 4.74. The molecule has 0 heterocycles. The zero-order chi connectivity index (χ0) is 13.6. The fourth-order valence-electron chi connectivity index (χ4n) is 2.50. The Morgan fingerprint density at radius 3 is 1.94 bits per heavy atom. The summed E-state index contributed by atoms with van der Waals surface area (Å²) in [6.07, 6.45) is 17.7. The number of unbranched alkanes of at least 4 members (excludes halogenated alkanes) is 6. The molecule has 0 aliphatic rings. The monoisotopic (exact) mass is 252 g/mol. The highest BCUT2D eigenvalue weighted by Gasteiger charge is 2.03. The first-order valence-corrected chi connectivity index (χ1v) is 8.33. The van der Waals surface area contributed by atoms with Crippen LogP contribution in [0.5, 0.6) is 0 Å². The van der Waals surface area contributed by atoms with Crippen molar-refractivity contribution in [2.24, 2.45) is 11.8 Å². The first-order valence-electron chi connectivity index (χ1n) is 8.33. The summed E-state index contributed by atoms with van der Waals surface area (Å²) in [7, 11) is 0. The molecule has 0 nitrogen and oxygen atoms in total. The largest absolute Gasteiger partial charge is 0.103 e. The van der Waals surface area contributed by atoms with Crippen molar-refractivity contribution < 1.29 is 0 Å². The first-order chi connectivity index (χ1) is 8.70. The number of hydrogen-bond donors (Lipinski definition) is 0. The van der Waals surface area contributed by atoms with Crippen LogP contribution in [0.15, 0.2) is 12.7 Å². The van der Waals surface area contributed by atoms with Gasteiger partial charge in [-0.1, -0.05) is 91.1 Å². The molecule has 0 amide bonds. The maximum Gasteiger partial charge on any atom is -0.0265 e. The Labute approximate surface area is 116 Å². The van der Waals surface area contributed by atoms with Crippen molar-refractivity contribution in [2.45, 2.75) is 91.4 Å². The standard InChI is InChI=1S/C18H36/c1-5-7-8-9-10-11-12-14-18(4)16-13-15-17(3)6-2/h6,17-18H,2,5,7-16H2,1,3-4H3. The lowest BCUT2D eigenvalue weighted by atomic mass is 9.94. The average molecular weight is 252 g/mol. The predicted molar refractivity (Wildman–Crippen MR) is 85.0 cm³/mol. The number of allylic oxidation sites excluding steroid dienone is 1. The lowest BCUT2D eigenvalue weighted by Crippen LogP contribution is -1.97. The van der Waals surface area contributed by atoms with E-state index in [9.17, 15) is 0 Å². The third kappa shape index (κ3) is 12.2. The Hall–Kier alpha value is -0.260. The van der Waals surface area contributed by atoms with Crippen LogP contribution in [0.3, 0.4) is 0 Å². The van der Waals surface area contributed by atoms with Gasteiger partial charge in [0.25, 0.3) is 0 Å². The van der Waals surface area contributed by atoms with E-state index in [1.165, 1.54) is 70.6 Å². The van der Waals surface area contributed by atoms with Gasteiger partial charge in [-0.15, -0.1) is 6.58 Å². The zero-order valence-electron chi connectivity index (χ0n) is 13.2. The van der Waals surface area contributed by atoms with Gasteiger partial charge in [-0.05, 0) is 18.3 Å². The second kappa shape index (κ2) is 13.2. The lowest BCUT2D eigenvalue weighted by Gasteiger charge is -2.12. The molecule has 0 radical (unpaired) electrons. The SMILES string of the molecule is C=CC(C)CCCC(C)CCCCCCCCC. The van der Waals surface area contributed by atoms with E-state index < -0.39 is 0 Å². The minimum absolute atomic E-state index is 0.704. The van der Waals surface area contributed by atoms with E-state index in [1.807, 2.05) is 0 Å². The molecule has 18 heavy (non-hydrogen) atoms. The fourth-order valence-corrected chi connectivity index (χ4v) is 2.50. The molecule has 0 aliphatic heterocycles. The topological polar surface area (TPSA) is 0 Å². The van der Waals surface area contributed by atoms with E-state index in [-0.39, 0.29) is 0 Å². The molecule has 0 aliphatic carbocycles. The van der Waals surface area contributed by atoms with E-state index in [1.54, 1.807) is 0 Å². The van der Waals surface area contributed by atoms with E-state index in [2.05, 4.69) is 33.4 Å². The van der Waals surface area contributed by atoms with Gasteiger partial charge in [-0.25, -0.2) is 0 Å². The van der Waals surface area contributed by atoms with E-state index >= 15 is 0 Å². The average Bonchev–Trinajstić information content (AvgIpc) is 2.37. The van der Waals surface area contributed by atoms with Gasteiger partial charge < -0.3 is 0 Å². The molecule has 0 saturated carbocycles. The Balaban J connectivity index is 3.21.